The number of allylic oxidation sites excluding steroid dienone is 5. The Labute approximate surface area is 204 Å². The summed E-state index contributed by atoms with van der Waals surface area (Å²) >= 11 is -2.28. The van der Waals surface area contributed by atoms with Crippen LogP contribution in [-0.4, -0.2) is 3.57 Å². The zero-order chi connectivity index (χ0) is 19.9. The average Bonchev–Trinajstić information content (AvgIpc) is 3.47. The van der Waals surface area contributed by atoms with E-state index in [1.54, 1.807) is 0 Å². The number of carbonyl (C=O) groups excluding carboxylic acids is 1. The largest absolute Gasteiger partial charge is 1.00 e. The molecule has 0 heterocycles. The smallest absolute Gasteiger partial charge is 0.0184 e. The van der Waals surface area contributed by atoms with Crippen LogP contribution in [0.25, 0.3) is 17.2 Å². The molecule has 0 saturated carbocycles. The van der Waals surface area contributed by atoms with Crippen molar-refractivity contribution in [2.75, 3.05) is 0 Å². The summed E-state index contributed by atoms with van der Waals surface area (Å²) in [5.41, 5.74) is 5.16. The molecule has 4 heteroatoms. The van der Waals surface area contributed by atoms with E-state index in [-0.39, 0.29) is 24.8 Å². The van der Waals surface area contributed by atoms with E-state index in [0.717, 1.165) is 6.42 Å². The molecule has 31 heavy (non-hydrogen) atoms. The maximum Gasteiger partial charge on any atom is -0.0184 e. The van der Waals surface area contributed by atoms with Crippen molar-refractivity contribution < 1.29 is 50.9 Å². The van der Waals surface area contributed by atoms with Crippen LogP contribution in [0, 0.1) is 0 Å². The van der Waals surface area contributed by atoms with Gasteiger partial charge in [-0.25, -0.2) is 0 Å². The van der Waals surface area contributed by atoms with Crippen molar-refractivity contribution in [3.8, 4) is 11.1 Å². The fourth-order valence-electron chi connectivity index (χ4n) is 3.74. The molecule has 0 amide bonds. The Balaban J connectivity index is 0.000000218. The van der Waals surface area contributed by atoms with E-state index in [1.807, 2.05) is 12.1 Å². The molecule has 5 rings (SSSR count). The van der Waals surface area contributed by atoms with Crippen molar-refractivity contribution >= 4 is 9.65 Å². The van der Waals surface area contributed by atoms with Crippen LogP contribution in [0.3, 0.4) is 0 Å². The average molecular weight is 525 g/mol. The van der Waals surface area contributed by atoms with Crippen molar-refractivity contribution in [1.82, 2.24) is 0 Å². The van der Waals surface area contributed by atoms with E-state index in [1.165, 1.54) is 25.5 Å². The summed E-state index contributed by atoms with van der Waals surface area (Å²) in [6.07, 6.45) is 11.7. The predicted molar refractivity (Wildman–Crippen MR) is 118 cm³/mol. The van der Waals surface area contributed by atoms with E-state index in [9.17, 15) is 4.79 Å². The first-order valence-corrected chi connectivity index (χ1v) is 13.7. The fourth-order valence-corrected chi connectivity index (χ4v) is 8.98. The molecule has 0 bridgehead atoms. The summed E-state index contributed by atoms with van der Waals surface area (Å²) in [5, 5.41) is 0. The van der Waals surface area contributed by atoms with Crippen LogP contribution in [0.1, 0.15) is 21.2 Å². The molecule has 1 atom stereocenters. The molecular weight excluding hydrogens is 502 g/mol. The predicted octanol–water partition coefficient (Wildman–Crippen LogP) is 0.645. The van der Waals surface area contributed by atoms with Crippen LogP contribution in [-0.2, 0) is 26.1 Å². The number of hydrogen-bond acceptors (Lipinski definition) is 1. The summed E-state index contributed by atoms with van der Waals surface area (Å²) in [7, 11) is 0. The van der Waals surface area contributed by atoms with E-state index in [4.69, 9.17) is 0 Å². The van der Waals surface area contributed by atoms with Crippen molar-refractivity contribution in [3.05, 3.63) is 124 Å². The first kappa shape index (κ1) is 25.2. The van der Waals surface area contributed by atoms with Crippen LogP contribution in [0.4, 0.5) is 0 Å². The van der Waals surface area contributed by atoms with Gasteiger partial charge < -0.3 is 24.8 Å². The van der Waals surface area contributed by atoms with Gasteiger partial charge in [-0.15, -0.1) is 0 Å². The molecule has 0 fully saturated rings. The Morgan fingerprint density at radius 2 is 1.35 bits per heavy atom. The van der Waals surface area contributed by atoms with Crippen LogP contribution in [0.5, 0.6) is 0 Å². The van der Waals surface area contributed by atoms with Gasteiger partial charge in [-0.2, -0.15) is 0 Å². The molecule has 0 spiro atoms. The summed E-state index contributed by atoms with van der Waals surface area (Å²) in [6, 6.07) is 29.2. The first-order chi connectivity index (χ1) is 14.4. The van der Waals surface area contributed by atoms with Gasteiger partial charge in [0.1, 0.15) is 0 Å². The molecule has 3 aromatic carbocycles. The second-order valence-corrected chi connectivity index (χ2v) is 12.7. The van der Waals surface area contributed by atoms with Gasteiger partial charge in [-0.1, -0.05) is 60.7 Å². The van der Waals surface area contributed by atoms with Crippen molar-refractivity contribution in [2.45, 2.75) is 10.0 Å². The van der Waals surface area contributed by atoms with E-state index in [0.29, 0.717) is 3.63 Å². The summed E-state index contributed by atoms with van der Waals surface area (Å²) in [5.74, 6) is 0. The third-order valence-electron chi connectivity index (χ3n) is 5.22. The maximum absolute atomic E-state index is 11.3. The second kappa shape index (κ2) is 12.7. The SMILES string of the molecule is O=[C]=[Zr+2]([C]1=CC=CC1)[CH]1C=Cc2ccccc21.[Cl-].[Cl-].c1ccc(-c2ccccc2)cc1. The van der Waals surface area contributed by atoms with Crippen LogP contribution in [0.15, 0.2) is 113 Å². The zero-order valence-electron chi connectivity index (χ0n) is 16.9. The van der Waals surface area contributed by atoms with Crippen molar-refractivity contribution in [3.63, 3.8) is 0 Å². The van der Waals surface area contributed by atoms with Crippen molar-refractivity contribution in [1.29, 1.82) is 0 Å². The van der Waals surface area contributed by atoms with Crippen LogP contribution >= 0.6 is 0 Å². The molecule has 0 N–H and O–H groups in total. The second-order valence-electron chi connectivity index (χ2n) is 7.04. The van der Waals surface area contributed by atoms with Gasteiger partial charge >= 0.3 is 109 Å². The summed E-state index contributed by atoms with van der Waals surface area (Å²) in [4.78, 5) is 11.3. The molecule has 0 aromatic heterocycles. The number of rotatable bonds is 3. The Bertz CT molecular complexity index is 1090. The monoisotopic (exact) mass is 522 g/mol. The van der Waals surface area contributed by atoms with E-state index in [2.05, 4.69) is 107 Å². The fraction of sp³-hybridized carbons (Fsp3) is 0.0741. The summed E-state index contributed by atoms with van der Waals surface area (Å²) < 4.78 is 4.14. The summed E-state index contributed by atoms with van der Waals surface area (Å²) in [6.45, 7) is 0. The van der Waals surface area contributed by atoms with E-state index < -0.39 is 21.3 Å². The third-order valence-corrected chi connectivity index (χ3v) is 11.1. The van der Waals surface area contributed by atoms with E-state index >= 15 is 0 Å². The number of halogens is 2. The van der Waals surface area contributed by atoms with Gasteiger partial charge in [0, 0.05) is 0 Å². The standard InChI is InChI=1S/C12H10.C9H7.C5H5.CO.2ClH.Zr/c1-3-7-11(8-4-1)12-9-5-2-6-10-12;1-2-5-9-7-3-6-8(9)4-1;1-2-4-5-3-1;1-2;;;/h1-10H;1-7H;1-3H,4H2;;2*1H;/q;;;;;;+2/p-2. The molecule has 0 saturated heterocycles. The molecule has 0 aliphatic heterocycles. The molecular formula is C27H22Cl2OZr. The quantitative estimate of drug-likeness (QED) is 0.492. The van der Waals surface area contributed by atoms with Gasteiger partial charge in [0.25, 0.3) is 0 Å². The number of hydrogen-bond donors (Lipinski definition) is 0. The van der Waals surface area contributed by atoms with Gasteiger partial charge in [-0.3, -0.25) is 0 Å². The van der Waals surface area contributed by atoms with Gasteiger partial charge in [0.05, 0.1) is 0 Å². The maximum atomic E-state index is 11.3. The number of benzene rings is 3. The number of fused-ring (bicyclic) bond motifs is 1. The van der Waals surface area contributed by atoms with Crippen molar-refractivity contribution in [2.24, 2.45) is 0 Å². The normalized spacial score (nSPS) is 14.4. The Kier molecular flexibility index (Phi) is 10.3. The third kappa shape index (κ3) is 6.22. The topological polar surface area (TPSA) is 17.1 Å². The van der Waals surface area contributed by atoms with Gasteiger partial charge in [-0.05, 0) is 11.1 Å². The Morgan fingerprint density at radius 3 is 1.90 bits per heavy atom. The van der Waals surface area contributed by atoms with Gasteiger partial charge in [0.2, 0.25) is 0 Å². The Morgan fingerprint density at radius 1 is 0.774 bits per heavy atom. The molecule has 0 radical (unpaired) electrons. The minimum Gasteiger partial charge on any atom is -1.00 e. The van der Waals surface area contributed by atoms with Gasteiger partial charge in [0.15, 0.2) is 0 Å². The minimum atomic E-state index is -2.28. The molecule has 3 aromatic rings. The van der Waals surface area contributed by atoms with Crippen LogP contribution < -0.4 is 24.8 Å². The van der Waals surface area contributed by atoms with Crippen LogP contribution in [0.2, 0.25) is 0 Å². The molecule has 2 aliphatic carbocycles. The zero-order valence-corrected chi connectivity index (χ0v) is 20.9. The first-order valence-electron chi connectivity index (χ1n) is 9.85. The molecule has 1 unspecified atom stereocenters. The molecule has 154 valence electrons. The Hall–Kier alpha value is -2.08. The minimum absolute atomic E-state index is 0. The molecule has 2 aliphatic rings. The molecule has 1 nitrogen and oxygen atoms in total.